The number of hydrogen-bond acceptors (Lipinski definition) is 3. The van der Waals surface area contributed by atoms with Crippen LogP contribution in [-0.2, 0) is 6.54 Å². The monoisotopic (exact) mass is 383 g/mol. The van der Waals surface area contributed by atoms with Crippen molar-refractivity contribution in [3.05, 3.63) is 76.1 Å². The number of para-hydroxylation sites is 1. The summed E-state index contributed by atoms with van der Waals surface area (Å²) in [7, 11) is 3.31. The predicted octanol–water partition coefficient (Wildman–Crippen LogP) is 4.42. The molecular formula is C21H22ClN3O2. The fourth-order valence-corrected chi connectivity index (χ4v) is 3.26. The Morgan fingerprint density at radius 3 is 2.56 bits per heavy atom. The highest BCUT2D eigenvalue weighted by atomic mass is 35.5. The molecule has 27 heavy (non-hydrogen) atoms. The number of aryl methyl sites for hydroxylation is 1. The first-order valence-corrected chi connectivity index (χ1v) is 8.99. The Kier molecular flexibility index (Phi) is 5.51. The summed E-state index contributed by atoms with van der Waals surface area (Å²) in [5, 5.41) is 5.14. The van der Waals surface area contributed by atoms with Crippen LogP contribution in [0.5, 0.6) is 5.75 Å². The fraction of sp³-hybridized carbons (Fsp3) is 0.238. The molecule has 0 bridgehead atoms. The van der Waals surface area contributed by atoms with E-state index < -0.39 is 0 Å². The van der Waals surface area contributed by atoms with Crippen LogP contribution in [0.1, 0.15) is 27.3 Å². The highest BCUT2D eigenvalue weighted by Crippen LogP contribution is 2.25. The number of carbonyl (C=O) groups excluding carboxylic acids is 1. The minimum absolute atomic E-state index is 0.152. The molecule has 0 spiro atoms. The maximum absolute atomic E-state index is 12.9. The average molecular weight is 384 g/mol. The molecule has 0 saturated heterocycles. The second-order valence-corrected chi connectivity index (χ2v) is 6.84. The van der Waals surface area contributed by atoms with Crippen LogP contribution in [0, 0.1) is 13.8 Å². The quantitative estimate of drug-likeness (QED) is 0.655. The number of amides is 1. The molecule has 0 aliphatic heterocycles. The minimum Gasteiger partial charge on any atom is -0.496 e. The van der Waals surface area contributed by atoms with Gasteiger partial charge in [-0.25, -0.2) is 4.68 Å². The van der Waals surface area contributed by atoms with Gasteiger partial charge in [-0.3, -0.25) is 4.79 Å². The molecule has 0 unspecified atom stereocenters. The first-order chi connectivity index (χ1) is 12.9. The Labute approximate surface area is 164 Å². The van der Waals surface area contributed by atoms with Gasteiger partial charge < -0.3 is 9.64 Å². The summed E-state index contributed by atoms with van der Waals surface area (Å²) in [5.74, 6) is 0.352. The number of ether oxygens (including phenoxy) is 1. The molecule has 0 fully saturated rings. The van der Waals surface area contributed by atoms with Gasteiger partial charge in [-0.15, -0.1) is 0 Å². The molecule has 0 radical (unpaired) electrons. The van der Waals surface area contributed by atoms with Crippen LogP contribution in [0.3, 0.4) is 0 Å². The van der Waals surface area contributed by atoms with E-state index >= 15 is 0 Å². The summed E-state index contributed by atoms with van der Waals surface area (Å²) in [5.41, 5.74) is 4.37. The van der Waals surface area contributed by atoms with E-state index in [-0.39, 0.29) is 5.91 Å². The van der Waals surface area contributed by atoms with Crippen molar-refractivity contribution in [2.75, 3.05) is 14.2 Å². The van der Waals surface area contributed by atoms with Gasteiger partial charge in [0.25, 0.3) is 5.91 Å². The molecule has 0 saturated carbocycles. The fourth-order valence-electron chi connectivity index (χ4n) is 3.09. The molecule has 0 atom stereocenters. The first-order valence-electron chi connectivity index (χ1n) is 8.62. The molecule has 1 heterocycles. The zero-order valence-corrected chi connectivity index (χ0v) is 16.6. The van der Waals surface area contributed by atoms with Gasteiger partial charge in [0.15, 0.2) is 0 Å². The Hall–Kier alpha value is -2.79. The summed E-state index contributed by atoms with van der Waals surface area (Å²) < 4.78 is 7.21. The second kappa shape index (κ2) is 7.84. The molecule has 1 aromatic heterocycles. The van der Waals surface area contributed by atoms with Gasteiger partial charge >= 0.3 is 0 Å². The second-order valence-electron chi connectivity index (χ2n) is 6.40. The summed E-state index contributed by atoms with van der Waals surface area (Å²) >= 11 is 6.06. The van der Waals surface area contributed by atoms with Gasteiger partial charge in [-0.05, 0) is 44.2 Å². The zero-order valence-electron chi connectivity index (χ0n) is 15.9. The Bertz CT molecular complexity index is 967. The maximum Gasteiger partial charge on any atom is 0.257 e. The molecule has 0 N–H and O–H groups in total. The van der Waals surface area contributed by atoms with E-state index in [0.29, 0.717) is 22.9 Å². The van der Waals surface area contributed by atoms with E-state index in [1.807, 2.05) is 48.9 Å². The molecular weight excluding hydrogens is 362 g/mol. The van der Waals surface area contributed by atoms with Crippen molar-refractivity contribution in [1.82, 2.24) is 14.7 Å². The lowest BCUT2D eigenvalue weighted by molar-refractivity contribution is 0.0781. The lowest BCUT2D eigenvalue weighted by Gasteiger charge is -2.19. The van der Waals surface area contributed by atoms with Crippen LogP contribution in [0.4, 0.5) is 0 Å². The van der Waals surface area contributed by atoms with Crippen molar-refractivity contribution < 1.29 is 9.53 Å². The van der Waals surface area contributed by atoms with Gasteiger partial charge in [0, 0.05) is 29.9 Å². The first kappa shape index (κ1) is 19.0. The topological polar surface area (TPSA) is 47.4 Å². The Balaban J connectivity index is 1.89. The highest BCUT2D eigenvalue weighted by Gasteiger charge is 2.21. The molecule has 2 aromatic carbocycles. The number of carbonyl (C=O) groups is 1. The summed E-state index contributed by atoms with van der Waals surface area (Å²) in [6, 6.07) is 15.0. The summed E-state index contributed by atoms with van der Waals surface area (Å²) in [6.45, 7) is 4.42. The van der Waals surface area contributed by atoms with Crippen molar-refractivity contribution >= 4 is 17.5 Å². The molecule has 0 aliphatic rings. The van der Waals surface area contributed by atoms with E-state index in [1.165, 1.54) is 7.11 Å². The minimum atomic E-state index is -0.152. The summed E-state index contributed by atoms with van der Waals surface area (Å²) in [6.07, 6.45) is 0. The standard InChI is InChI=1S/C21H22ClN3O2/c1-14-19(15(2)25(23-14)17-8-6-5-7-9-17)13-24(3)21(26)18-12-16(22)10-11-20(18)27-4/h5-12H,13H2,1-4H3. The lowest BCUT2D eigenvalue weighted by atomic mass is 10.1. The highest BCUT2D eigenvalue weighted by molar-refractivity contribution is 6.31. The molecule has 1 amide bonds. The van der Waals surface area contributed by atoms with E-state index in [1.54, 1.807) is 30.1 Å². The third-order valence-corrected chi connectivity index (χ3v) is 4.81. The zero-order chi connectivity index (χ0) is 19.6. The molecule has 3 rings (SSSR count). The largest absolute Gasteiger partial charge is 0.496 e. The average Bonchev–Trinajstić information content (AvgIpc) is 2.96. The number of benzene rings is 2. The van der Waals surface area contributed by atoms with Gasteiger partial charge in [-0.2, -0.15) is 5.10 Å². The number of rotatable bonds is 5. The smallest absolute Gasteiger partial charge is 0.257 e. The number of aromatic nitrogens is 2. The molecule has 5 nitrogen and oxygen atoms in total. The van der Waals surface area contributed by atoms with Crippen molar-refractivity contribution in [2.45, 2.75) is 20.4 Å². The van der Waals surface area contributed by atoms with Gasteiger partial charge in [0.2, 0.25) is 0 Å². The Morgan fingerprint density at radius 2 is 1.89 bits per heavy atom. The van der Waals surface area contributed by atoms with Crippen molar-refractivity contribution in [1.29, 1.82) is 0 Å². The van der Waals surface area contributed by atoms with Gasteiger partial charge in [-0.1, -0.05) is 29.8 Å². The number of hydrogen-bond donors (Lipinski definition) is 0. The number of halogens is 1. The molecule has 0 aliphatic carbocycles. The van der Waals surface area contributed by atoms with Crippen molar-refractivity contribution in [3.8, 4) is 11.4 Å². The van der Waals surface area contributed by atoms with Crippen LogP contribution < -0.4 is 4.74 Å². The molecule has 140 valence electrons. The van der Waals surface area contributed by atoms with E-state index in [2.05, 4.69) is 5.10 Å². The Morgan fingerprint density at radius 1 is 1.19 bits per heavy atom. The lowest BCUT2D eigenvalue weighted by Crippen LogP contribution is -2.27. The van der Waals surface area contributed by atoms with Crippen LogP contribution in [0.25, 0.3) is 5.69 Å². The van der Waals surface area contributed by atoms with Crippen LogP contribution in [0.15, 0.2) is 48.5 Å². The van der Waals surface area contributed by atoms with Crippen molar-refractivity contribution in [3.63, 3.8) is 0 Å². The van der Waals surface area contributed by atoms with Crippen molar-refractivity contribution in [2.24, 2.45) is 0 Å². The van der Waals surface area contributed by atoms with Crippen LogP contribution >= 0.6 is 11.6 Å². The van der Waals surface area contributed by atoms with Gasteiger partial charge in [0.1, 0.15) is 5.75 Å². The van der Waals surface area contributed by atoms with Gasteiger partial charge in [0.05, 0.1) is 24.1 Å². The SMILES string of the molecule is COc1ccc(Cl)cc1C(=O)N(C)Cc1c(C)nn(-c2ccccc2)c1C. The third-order valence-electron chi connectivity index (χ3n) is 4.58. The summed E-state index contributed by atoms with van der Waals surface area (Å²) in [4.78, 5) is 14.6. The number of nitrogens with zero attached hydrogens (tertiary/aromatic N) is 3. The third kappa shape index (κ3) is 3.83. The van der Waals surface area contributed by atoms with Crippen LogP contribution in [-0.4, -0.2) is 34.7 Å². The normalized spacial score (nSPS) is 10.7. The van der Waals surface area contributed by atoms with E-state index in [4.69, 9.17) is 16.3 Å². The number of methoxy groups -OCH3 is 1. The maximum atomic E-state index is 12.9. The molecule has 6 heteroatoms. The molecule has 3 aromatic rings. The van der Waals surface area contributed by atoms with E-state index in [9.17, 15) is 4.79 Å². The predicted molar refractivity (Wildman–Crippen MR) is 107 cm³/mol. The van der Waals surface area contributed by atoms with E-state index in [0.717, 1.165) is 22.6 Å². The van der Waals surface area contributed by atoms with Crippen LogP contribution in [0.2, 0.25) is 5.02 Å².